The lowest BCUT2D eigenvalue weighted by Gasteiger charge is -2.32. The van der Waals surface area contributed by atoms with Crippen LogP contribution in [0, 0.1) is 0 Å². The summed E-state index contributed by atoms with van der Waals surface area (Å²) in [5, 5.41) is 6.67. The van der Waals surface area contributed by atoms with E-state index in [1.807, 2.05) is 30.0 Å². The van der Waals surface area contributed by atoms with Crippen LogP contribution in [0.15, 0.2) is 29.3 Å². The van der Waals surface area contributed by atoms with Gasteiger partial charge in [0.15, 0.2) is 5.96 Å². The highest BCUT2D eigenvalue weighted by molar-refractivity contribution is 14.0. The smallest absolute Gasteiger partial charge is 0.227 e. The number of nitrogens with zero attached hydrogens (tertiary/aromatic N) is 3. The van der Waals surface area contributed by atoms with Gasteiger partial charge in [-0.15, -0.1) is 24.0 Å². The van der Waals surface area contributed by atoms with Gasteiger partial charge in [0.25, 0.3) is 0 Å². The molecule has 1 fully saturated rings. The van der Waals surface area contributed by atoms with Crippen LogP contribution in [-0.4, -0.2) is 69.6 Å². The molecule has 2 aliphatic heterocycles. The first-order valence-electron chi connectivity index (χ1n) is 11.3. The van der Waals surface area contributed by atoms with Crippen molar-refractivity contribution in [2.24, 2.45) is 4.99 Å². The summed E-state index contributed by atoms with van der Waals surface area (Å²) in [7, 11) is -1.39. The molecule has 1 aromatic rings. The number of amides is 1. The number of hydrogen-bond acceptors (Lipinski definition) is 4. The van der Waals surface area contributed by atoms with Gasteiger partial charge in [0.1, 0.15) is 0 Å². The van der Waals surface area contributed by atoms with Gasteiger partial charge in [-0.1, -0.05) is 25.1 Å². The minimum absolute atomic E-state index is 0. The zero-order valence-electron chi connectivity index (χ0n) is 19.0. The highest BCUT2D eigenvalue weighted by atomic mass is 127. The van der Waals surface area contributed by atoms with E-state index in [-0.39, 0.29) is 41.7 Å². The van der Waals surface area contributed by atoms with E-state index < -0.39 is 10.0 Å². The first-order chi connectivity index (χ1) is 14.9. The largest absolute Gasteiger partial charge is 0.356 e. The molecular weight excluding hydrogens is 541 g/mol. The molecule has 0 atom stereocenters. The van der Waals surface area contributed by atoms with E-state index in [0.29, 0.717) is 38.4 Å². The van der Waals surface area contributed by atoms with Gasteiger partial charge in [0.05, 0.1) is 5.75 Å². The molecule has 1 aromatic carbocycles. The van der Waals surface area contributed by atoms with Crippen molar-refractivity contribution in [1.29, 1.82) is 0 Å². The van der Waals surface area contributed by atoms with Crippen molar-refractivity contribution in [1.82, 2.24) is 14.9 Å². The number of anilines is 1. The third-order valence-electron chi connectivity index (χ3n) is 5.92. The van der Waals surface area contributed by atoms with Crippen LogP contribution in [0.1, 0.15) is 44.6 Å². The fraction of sp³-hybridized carbons (Fsp3) is 0.636. The van der Waals surface area contributed by atoms with Crippen LogP contribution in [0.4, 0.5) is 5.69 Å². The Balaban J connectivity index is 0.00000363. The van der Waals surface area contributed by atoms with Crippen molar-refractivity contribution in [2.75, 3.05) is 43.9 Å². The maximum absolute atomic E-state index is 12.6. The van der Waals surface area contributed by atoms with Crippen molar-refractivity contribution >= 4 is 51.6 Å². The Morgan fingerprint density at radius 2 is 1.91 bits per heavy atom. The van der Waals surface area contributed by atoms with Crippen molar-refractivity contribution in [2.45, 2.75) is 51.5 Å². The van der Waals surface area contributed by atoms with E-state index >= 15 is 0 Å². The summed E-state index contributed by atoms with van der Waals surface area (Å²) in [5.41, 5.74) is 2.29. The standard InChI is InChI=1S/C22H35N5O3S.HI/c1-3-17-31(29,30)26-14-11-19(12-15-26)25-22(23-2)24-13-6-9-21(28)27-16-10-18-7-4-5-8-20(18)27;/h4-5,7-8,19H,3,6,9-17H2,1-2H3,(H2,23,24,25);1H. The molecule has 10 heteroatoms. The average molecular weight is 578 g/mol. The second kappa shape index (κ2) is 12.7. The van der Waals surface area contributed by atoms with Gasteiger partial charge < -0.3 is 15.5 Å². The lowest BCUT2D eigenvalue weighted by atomic mass is 10.1. The molecule has 0 aromatic heterocycles. The average Bonchev–Trinajstić information content (AvgIpc) is 3.20. The molecule has 8 nitrogen and oxygen atoms in total. The van der Waals surface area contributed by atoms with Gasteiger partial charge in [-0.05, 0) is 43.7 Å². The molecule has 3 rings (SSSR count). The van der Waals surface area contributed by atoms with Crippen molar-refractivity contribution < 1.29 is 13.2 Å². The first-order valence-corrected chi connectivity index (χ1v) is 12.9. The lowest BCUT2D eigenvalue weighted by Crippen LogP contribution is -2.50. The van der Waals surface area contributed by atoms with Crippen LogP contribution in [-0.2, 0) is 21.2 Å². The van der Waals surface area contributed by atoms with Crippen LogP contribution in [0.25, 0.3) is 0 Å². The van der Waals surface area contributed by atoms with Crippen LogP contribution < -0.4 is 15.5 Å². The third kappa shape index (κ3) is 7.05. The summed E-state index contributed by atoms with van der Waals surface area (Å²) < 4.78 is 26.0. The monoisotopic (exact) mass is 577 g/mol. The molecule has 2 aliphatic rings. The van der Waals surface area contributed by atoms with Gasteiger partial charge in [0, 0.05) is 51.4 Å². The summed E-state index contributed by atoms with van der Waals surface area (Å²) in [6, 6.07) is 8.29. The van der Waals surface area contributed by atoms with Gasteiger partial charge in [-0.25, -0.2) is 12.7 Å². The molecule has 180 valence electrons. The number of fused-ring (bicyclic) bond motifs is 1. The number of aliphatic imine (C=N–C) groups is 1. The maximum atomic E-state index is 12.6. The number of piperidine rings is 1. The molecule has 1 saturated heterocycles. The molecular formula is C22H36IN5O3S. The van der Waals surface area contributed by atoms with Crippen molar-refractivity contribution in [3.8, 4) is 0 Å². The Bertz CT molecular complexity index is 885. The fourth-order valence-corrected chi connectivity index (χ4v) is 5.77. The molecule has 1 amide bonds. The maximum Gasteiger partial charge on any atom is 0.227 e. The highest BCUT2D eigenvalue weighted by Crippen LogP contribution is 2.28. The van der Waals surface area contributed by atoms with Crippen LogP contribution in [0.3, 0.4) is 0 Å². The van der Waals surface area contributed by atoms with Crippen LogP contribution in [0.5, 0.6) is 0 Å². The van der Waals surface area contributed by atoms with Crippen molar-refractivity contribution in [3.05, 3.63) is 29.8 Å². The predicted molar refractivity (Wildman–Crippen MR) is 140 cm³/mol. The number of carbonyl (C=O) groups is 1. The van der Waals surface area contributed by atoms with E-state index in [2.05, 4.69) is 21.7 Å². The lowest BCUT2D eigenvalue weighted by molar-refractivity contribution is -0.118. The highest BCUT2D eigenvalue weighted by Gasteiger charge is 2.27. The quantitative estimate of drug-likeness (QED) is 0.214. The zero-order chi connectivity index (χ0) is 22.3. The Hall–Kier alpha value is -1.40. The summed E-state index contributed by atoms with van der Waals surface area (Å²) >= 11 is 0. The number of nitrogens with one attached hydrogen (secondary N) is 2. The molecule has 2 heterocycles. The molecule has 0 aliphatic carbocycles. The third-order valence-corrected chi connectivity index (χ3v) is 8.00. The van der Waals surface area contributed by atoms with E-state index in [1.54, 1.807) is 11.4 Å². The van der Waals surface area contributed by atoms with Gasteiger partial charge in [-0.2, -0.15) is 0 Å². The second-order valence-electron chi connectivity index (χ2n) is 8.16. The van der Waals surface area contributed by atoms with Gasteiger partial charge >= 0.3 is 0 Å². The Morgan fingerprint density at radius 1 is 1.19 bits per heavy atom. The van der Waals surface area contributed by atoms with E-state index in [0.717, 1.165) is 37.9 Å². The van der Waals surface area contributed by atoms with Crippen molar-refractivity contribution in [3.63, 3.8) is 0 Å². The number of rotatable bonds is 8. The number of carbonyl (C=O) groups excluding carboxylic acids is 1. The minimum Gasteiger partial charge on any atom is -0.356 e. The normalized spacial score (nSPS) is 17.6. The number of benzene rings is 1. The van der Waals surface area contributed by atoms with E-state index in [4.69, 9.17) is 0 Å². The molecule has 0 spiro atoms. The number of sulfonamides is 1. The molecule has 0 unspecified atom stereocenters. The summed E-state index contributed by atoms with van der Waals surface area (Å²) in [6.07, 6.45) is 4.31. The fourth-order valence-electron chi connectivity index (χ4n) is 4.23. The number of guanidine groups is 1. The van der Waals surface area contributed by atoms with E-state index in [1.165, 1.54) is 5.56 Å². The number of hydrogen-bond donors (Lipinski definition) is 2. The summed E-state index contributed by atoms with van der Waals surface area (Å²) in [6.45, 7) is 4.40. The molecule has 0 radical (unpaired) electrons. The molecule has 2 N–H and O–H groups in total. The number of para-hydroxylation sites is 1. The SMILES string of the molecule is CCCS(=O)(=O)N1CCC(NC(=NC)NCCCC(=O)N2CCc3ccccc32)CC1.I. The number of halogens is 1. The first kappa shape index (κ1) is 26.8. The van der Waals surface area contributed by atoms with Gasteiger partial charge in [0.2, 0.25) is 15.9 Å². The minimum atomic E-state index is -3.12. The second-order valence-corrected chi connectivity index (χ2v) is 10.2. The van der Waals surface area contributed by atoms with Crippen LogP contribution in [0.2, 0.25) is 0 Å². The Kier molecular flexibility index (Phi) is 10.7. The summed E-state index contributed by atoms with van der Waals surface area (Å²) in [4.78, 5) is 18.8. The molecule has 0 bridgehead atoms. The predicted octanol–water partition coefficient (Wildman–Crippen LogP) is 2.34. The Morgan fingerprint density at radius 3 is 2.59 bits per heavy atom. The molecule has 0 saturated carbocycles. The zero-order valence-corrected chi connectivity index (χ0v) is 22.2. The van der Waals surface area contributed by atoms with Crippen LogP contribution >= 0.6 is 24.0 Å². The molecule has 32 heavy (non-hydrogen) atoms. The van der Waals surface area contributed by atoms with Gasteiger partial charge in [-0.3, -0.25) is 9.79 Å². The van der Waals surface area contributed by atoms with E-state index in [9.17, 15) is 13.2 Å². The Labute approximate surface area is 209 Å². The topological polar surface area (TPSA) is 94.1 Å². The summed E-state index contributed by atoms with van der Waals surface area (Å²) in [5.74, 6) is 1.08.